The van der Waals surface area contributed by atoms with E-state index in [9.17, 15) is 9.90 Å². The number of rotatable bonds is 5. The smallest absolute Gasteiger partial charge is 0.267 e. The van der Waals surface area contributed by atoms with Gasteiger partial charge in [-0.15, -0.1) is 0 Å². The first-order valence-corrected chi connectivity index (χ1v) is 8.53. The molecule has 2 N–H and O–H groups in total. The minimum atomic E-state index is -0.125. The van der Waals surface area contributed by atoms with Crippen molar-refractivity contribution in [2.75, 3.05) is 13.2 Å². The molecule has 0 spiro atoms. The summed E-state index contributed by atoms with van der Waals surface area (Å²) in [5.74, 6) is -0.0622. The molecule has 1 heterocycles. The van der Waals surface area contributed by atoms with Crippen molar-refractivity contribution < 1.29 is 9.90 Å². The predicted octanol–water partition coefficient (Wildman–Crippen LogP) is 3.50. The first kappa shape index (κ1) is 16.6. The minimum absolute atomic E-state index is 0.0622. The van der Waals surface area contributed by atoms with Crippen LogP contribution in [0, 0.1) is 5.41 Å². The molecule has 4 nitrogen and oxygen atoms in total. The van der Waals surface area contributed by atoms with E-state index in [2.05, 4.69) is 35.1 Å². The van der Waals surface area contributed by atoms with Gasteiger partial charge in [-0.2, -0.15) is 0 Å². The van der Waals surface area contributed by atoms with Crippen LogP contribution in [0.2, 0.25) is 0 Å². The molecule has 1 aliphatic rings. The van der Waals surface area contributed by atoms with E-state index in [1.54, 1.807) is 0 Å². The molecule has 1 aliphatic carbocycles. The molecule has 1 aromatic rings. The largest absolute Gasteiger partial charge is 0.396 e. The van der Waals surface area contributed by atoms with E-state index in [4.69, 9.17) is 0 Å². The number of carbonyl (C=O) groups is 1. The van der Waals surface area contributed by atoms with Crippen LogP contribution in [0.25, 0.3) is 0 Å². The fourth-order valence-corrected chi connectivity index (χ4v) is 3.54. The average molecular weight is 357 g/mol. The maximum absolute atomic E-state index is 12.4. The number of aliphatic hydroxyl groups is 1. The molecule has 1 fully saturated rings. The van der Waals surface area contributed by atoms with Gasteiger partial charge < -0.3 is 15.0 Å². The van der Waals surface area contributed by atoms with Crippen molar-refractivity contribution in [1.82, 2.24) is 9.88 Å². The van der Waals surface area contributed by atoms with Gasteiger partial charge in [0.05, 0.1) is 6.61 Å². The summed E-state index contributed by atoms with van der Waals surface area (Å²) in [6.45, 7) is 4.82. The highest BCUT2D eigenvalue weighted by Crippen LogP contribution is 2.35. The topological polar surface area (TPSA) is 54.3 Å². The van der Waals surface area contributed by atoms with Crippen LogP contribution in [0.1, 0.15) is 62.5 Å². The standard InChI is InChI=1S/C16H25BrN2O2/c1-12(2)19-9-13(17)8-14(19)15(21)18-10-16(11-20)6-4-3-5-7-16/h8-9,12,20H,3-7,10-11H2,1-2H3,(H,18,21). The number of hydrogen-bond donors (Lipinski definition) is 2. The van der Waals surface area contributed by atoms with Crippen molar-refractivity contribution in [3.8, 4) is 0 Å². The molecule has 0 aromatic carbocycles. The van der Waals surface area contributed by atoms with Crippen molar-refractivity contribution in [2.24, 2.45) is 5.41 Å². The lowest BCUT2D eigenvalue weighted by atomic mass is 9.74. The molecule has 0 aliphatic heterocycles. The number of hydrogen-bond acceptors (Lipinski definition) is 2. The van der Waals surface area contributed by atoms with Gasteiger partial charge in [0.25, 0.3) is 5.91 Å². The summed E-state index contributed by atoms with van der Waals surface area (Å²) in [5.41, 5.74) is 0.543. The summed E-state index contributed by atoms with van der Waals surface area (Å²) in [7, 11) is 0. The van der Waals surface area contributed by atoms with Crippen LogP contribution in [0.4, 0.5) is 0 Å². The third-order valence-electron chi connectivity index (χ3n) is 4.48. The van der Waals surface area contributed by atoms with Gasteiger partial charge in [0.1, 0.15) is 5.69 Å². The zero-order chi connectivity index (χ0) is 15.5. The van der Waals surface area contributed by atoms with Gasteiger partial charge in [-0.3, -0.25) is 4.79 Å². The Labute approximate surface area is 135 Å². The SMILES string of the molecule is CC(C)n1cc(Br)cc1C(=O)NCC1(CO)CCCCC1. The van der Waals surface area contributed by atoms with Gasteiger partial charge in [-0.05, 0) is 48.7 Å². The van der Waals surface area contributed by atoms with Gasteiger partial charge in [0.2, 0.25) is 0 Å². The molecular formula is C16H25BrN2O2. The van der Waals surface area contributed by atoms with Crippen LogP contribution in [0.5, 0.6) is 0 Å². The molecular weight excluding hydrogens is 332 g/mol. The Morgan fingerprint density at radius 2 is 2.10 bits per heavy atom. The third kappa shape index (κ3) is 3.89. The second-order valence-corrected chi connectivity index (χ2v) is 7.36. The number of nitrogens with one attached hydrogen (secondary N) is 1. The zero-order valence-electron chi connectivity index (χ0n) is 12.9. The lowest BCUT2D eigenvalue weighted by molar-refractivity contribution is 0.0712. The van der Waals surface area contributed by atoms with Gasteiger partial charge in [0, 0.05) is 28.7 Å². The summed E-state index contributed by atoms with van der Waals surface area (Å²) >= 11 is 3.43. The second kappa shape index (κ2) is 6.97. The Kier molecular flexibility index (Phi) is 5.49. The highest BCUT2D eigenvalue weighted by atomic mass is 79.9. The Balaban J connectivity index is 2.04. The van der Waals surface area contributed by atoms with Gasteiger partial charge in [-0.1, -0.05) is 19.3 Å². The molecule has 118 valence electrons. The number of carbonyl (C=O) groups excluding carboxylic acids is 1. The van der Waals surface area contributed by atoms with Gasteiger partial charge >= 0.3 is 0 Å². The average Bonchev–Trinajstić information content (AvgIpc) is 2.88. The highest BCUT2D eigenvalue weighted by molar-refractivity contribution is 9.10. The molecule has 1 saturated carbocycles. The maximum Gasteiger partial charge on any atom is 0.267 e. The fraction of sp³-hybridized carbons (Fsp3) is 0.688. The maximum atomic E-state index is 12.4. The quantitative estimate of drug-likeness (QED) is 0.847. The first-order valence-electron chi connectivity index (χ1n) is 7.74. The number of halogens is 1. The predicted molar refractivity (Wildman–Crippen MR) is 87.5 cm³/mol. The van der Waals surface area contributed by atoms with Crippen LogP contribution >= 0.6 is 15.9 Å². The van der Waals surface area contributed by atoms with Crippen molar-refractivity contribution in [2.45, 2.75) is 52.0 Å². The normalized spacial score (nSPS) is 18.0. The molecule has 0 saturated heterocycles. The first-order chi connectivity index (χ1) is 9.97. The van der Waals surface area contributed by atoms with Crippen molar-refractivity contribution in [3.63, 3.8) is 0 Å². The Morgan fingerprint density at radius 1 is 1.43 bits per heavy atom. The molecule has 1 amide bonds. The monoisotopic (exact) mass is 356 g/mol. The molecule has 0 bridgehead atoms. The van der Waals surface area contributed by atoms with E-state index < -0.39 is 0 Å². The zero-order valence-corrected chi connectivity index (χ0v) is 14.4. The Morgan fingerprint density at radius 3 is 2.67 bits per heavy atom. The molecule has 5 heteroatoms. The molecule has 0 atom stereocenters. The summed E-state index contributed by atoms with van der Waals surface area (Å²) < 4.78 is 2.88. The Hall–Kier alpha value is -0.810. The molecule has 2 rings (SSSR count). The minimum Gasteiger partial charge on any atom is -0.396 e. The summed E-state index contributed by atoms with van der Waals surface area (Å²) in [5, 5.41) is 12.7. The summed E-state index contributed by atoms with van der Waals surface area (Å²) in [4.78, 5) is 12.4. The van der Waals surface area contributed by atoms with E-state index in [0.29, 0.717) is 12.2 Å². The van der Waals surface area contributed by atoms with Crippen LogP contribution in [0.15, 0.2) is 16.7 Å². The van der Waals surface area contributed by atoms with Crippen LogP contribution in [-0.2, 0) is 0 Å². The van der Waals surface area contributed by atoms with E-state index >= 15 is 0 Å². The summed E-state index contributed by atoms with van der Waals surface area (Å²) in [6, 6.07) is 2.08. The Bertz CT molecular complexity index is 490. The van der Waals surface area contributed by atoms with Gasteiger partial charge in [-0.25, -0.2) is 0 Å². The number of nitrogens with zero attached hydrogens (tertiary/aromatic N) is 1. The van der Waals surface area contributed by atoms with Crippen LogP contribution in [-0.4, -0.2) is 28.7 Å². The van der Waals surface area contributed by atoms with Crippen LogP contribution < -0.4 is 5.32 Å². The molecule has 1 aromatic heterocycles. The summed E-state index contributed by atoms with van der Waals surface area (Å²) in [6.07, 6.45) is 7.45. The van der Waals surface area contributed by atoms with E-state index in [1.165, 1.54) is 6.42 Å². The van der Waals surface area contributed by atoms with Gasteiger partial charge in [0.15, 0.2) is 0 Å². The number of amides is 1. The third-order valence-corrected chi connectivity index (χ3v) is 4.91. The lowest BCUT2D eigenvalue weighted by Gasteiger charge is -2.35. The molecule has 0 radical (unpaired) electrons. The number of aromatic nitrogens is 1. The lowest BCUT2D eigenvalue weighted by Crippen LogP contribution is -2.41. The van der Waals surface area contributed by atoms with E-state index in [0.717, 1.165) is 30.2 Å². The van der Waals surface area contributed by atoms with Crippen molar-refractivity contribution >= 4 is 21.8 Å². The molecule has 21 heavy (non-hydrogen) atoms. The highest BCUT2D eigenvalue weighted by Gasteiger charge is 2.32. The van der Waals surface area contributed by atoms with Crippen molar-refractivity contribution in [1.29, 1.82) is 0 Å². The fourth-order valence-electron chi connectivity index (χ4n) is 3.11. The second-order valence-electron chi connectivity index (χ2n) is 6.45. The molecule has 0 unspecified atom stereocenters. The van der Waals surface area contributed by atoms with Crippen molar-refractivity contribution in [3.05, 3.63) is 22.4 Å². The van der Waals surface area contributed by atoms with E-state index in [-0.39, 0.29) is 24.0 Å². The van der Waals surface area contributed by atoms with E-state index in [1.807, 2.05) is 16.8 Å². The van der Waals surface area contributed by atoms with Crippen LogP contribution in [0.3, 0.4) is 0 Å². The number of aliphatic hydroxyl groups excluding tert-OH is 1.